The van der Waals surface area contributed by atoms with Gasteiger partial charge >= 0.3 is 5.97 Å². The average molecular weight is 531 g/mol. The van der Waals surface area contributed by atoms with Gasteiger partial charge in [-0.25, -0.2) is 9.78 Å². The zero-order valence-corrected chi connectivity index (χ0v) is 23.2. The Labute approximate surface area is 230 Å². The van der Waals surface area contributed by atoms with Crippen LogP contribution in [0.2, 0.25) is 0 Å². The van der Waals surface area contributed by atoms with E-state index in [1.54, 1.807) is 4.90 Å². The normalized spacial score (nSPS) is 41.1. The van der Waals surface area contributed by atoms with Crippen LogP contribution in [0.3, 0.4) is 0 Å². The molecule has 208 valence electrons. The number of rotatable bonds is 5. The smallest absolute Gasteiger partial charge is 0.326 e. The van der Waals surface area contributed by atoms with E-state index in [1.807, 2.05) is 28.8 Å². The van der Waals surface area contributed by atoms with Crippen LogP contribution < -0.4 is 10.5 Å². The fourth-order valence-corrected chi connectivity index (χ4v) is 10.4. The molecule has 39 heavy (non-hydrogen) atoms. The summed E-state index contributed by atoms with van der Waals surface area (Å²) < 4.78 is 2.01. The van der Waals surface area contributed by atoms with Gasteiger partial charge in [0.15, 0.2) is 5.82 Å². The quantitative estimate of drug-likeness (QED) is 0.581. The molecule has 4 heterocycles. The molecule has 3 saturated heterocycles. The van der Waals surface area contributed by atoms with E-state index in [9.17, 15) is 14.7 Å². The Kier molecular flexibility index (Phi) is 5.50. The van der Waals surface area contributed by atoms with Gasteiger partial charge in [-0.15, -0.1) is 0 Å². The molecular weight excluding hydrogens is 488 g/mol. The second kappa shape index (κ2) is 8.79. The van der Waals surface area contributed by atoms with Crippen molar-refractivity contribution < 1.29 is 9.90 Å². The minimum atomic E-state index is -0.872. The molecule has 1 aromatic carbocycles. The number of benzene rings is 1. The number of piperidine rings is 2. The molecule has 0 spiro atoms. The third-order valence-electron chi connectivity index (χ3n) is 12.4. The number of hydrogen-bond donors (Lipinski definition) is 1. The second-order valence-corrected chi connectivity index (χ2v) is 14.3. The average Bonchev–Trinajstić information content (AvgIpc) is 3.04. The second-order valence-electron chi connectivity index (χ2n) is 14.3. The van der Waals surface area contributed by atoms with Crippen molar-refractivity contribution in [2.45, 2.75) is 102 Å². The first-order chi connectivity index (χ1) is 18.9. The molecule has 0 radical (unpaired) electrons. The lowest BCUT2D eigenvalue weighted by atomic mass is 9.53. The molecule has 0 amide bonds. The standard InChI is InChI=1S/C32H42N4O3/c1-32-17-19-11-20(13-22(32)14-21(32)12-19)18-35-23-5-4-6-24(35)16-25(15-23)36-27-8-3-2-7-26(27)33-29(30(36)37)34-10-9-28(34)31(38)39/h2-3,7-8,19-25,28H,4-6,9-18H2,1H3,(H,38,39). The topological polar surface area (TPSA) is 78.7 Å². The van der Waals surface area contributed by atoms with Gasteiger partial charge in [-0.2, -0.15) is 0 Å². The highest BCUT2D eigenvalue weighted by atomic mass is 16.4. The maximum absolute atomic E-state index is 14.0. The number of aliphatic carboxylic acids is 1. The maximum Gasteiger partial charge on any atom is 0.326 e. The Morgan fingerprint density at radius 1 is 1.00 bits per heavy atom. The number of fused-ring (bicyclic) bond motifs is 4. The third kappa shape index (κ3) is 3.67. The Bertz CT molecular complexity index is 1360. The van der Waals surface area contributed by atoms with Crippen molar-refractivity contribution in [1.82, 2.24) is 14.5 Å². The van der Waals surface area contributed by atoms with Gasteiger partial charge in [0.25, 0.3) is 5.56 Å². The van der Waals surface area contributed by atoms with E-state index in [2.05, 4.69) is 11.8 Å². The van der Waals surface area contributed by atoms with Crippen LogP contribution in [-0.4, -0.2) is 56.7 Å². The summed E-state index contributed by atoms with van der Waals surface area (Å²) in [7, 11) is 0. The Hall–Kier alpha value is -2.41. The SMILES string of the molecule is CC12CC3CC(CN4C5CCCC4CC(n4c(=O)c(N6CCC6C(=O)O)nc6ccccc64)C5)CC1CC2C3. The molecule has 1 N–H and O–H groups in total. The van der Waals surface area contributed by atoms with Crippen LogP contribution in [-0.2, 0) is 4.79 Å². The van der Waals surface area contributed by atoms with E-state index < -0.39 is 12.0 Å². The van der Waals surface area contributed by atoms with Crippen molar-refractivity contribution >= 4 is 22.8 Å². The van der Waals surface area contributed by atoms with E-state index in [-0.39, 0.29) is 11.6 Å². The van der Waals surface area contributed by atoms with E-state index in [0.717, 1.165) is 47.5 Å². The molecule has 7 heteroatoms. The first-order valence-electron chi connectivity index (χ1n) is 15.7. The molecule has 8 unspecified atom stereocenters. The molecule has 3 aliphatic heterocycles. The van der Waals surface area contributed by atoms with Crippen LogP contribution in [0.5, 0.6) is 0 Å². The van der Waals surface area contributed by atoms with Crippen LogP contribution in [0.4, 0.5) is 5.82 Å². The van der Waals surface area contributed by atoms with Crippen molar-refractivity contribution in [3.8, 4) is 0 Å². The van der Waals surface area contributed by atoms with E-state index in [1.165, 1.54) is 57.9 Å². The summed E-state index contributed by atoms with van der Waals surface area (Å²) in [5, 5.41) is 9.66. The lowest BCUT2D eigenvalue weighted by Crippen LogP contribution is -2.56. The molecule has 8 rings (SSSR count). The van der Waals surface area contributed by atoms with Crippen LogP contribution in [0.1, 0.15) is 83.6 Å². The molecule has 3 aliphatic carbocycles. The predicted molar refractivity (Wildman–Crippen MR) is 151 cm³/mol. The number of carbonyl (C=O) groups is 1. The van der Waals surface area contributed by atoms with Gasteiger partial charge < -0.3 is 14.6 Å². The summed E-state index contributed by atoms with van der Waals surface area (Å²) in [5.41, 5.74) is 2.22. The van der Waals surface area contributed by atoms with Crippen LogP contribution in [0.15, 0.2) is 29.1 Å². The number of para-hydroxylation sites is 2. The minimum Gasteiger partial charge on any atom is -0.480 e. The number of nitrogens with zero attached hydrogens (tertiary/aromatic N) is 4. The van der Waals surface area contributed by atoms with Crippen LogP contribution >= 0.6 is 0 Å². The van der Waals surface area contributed by atoms with E-state index >= 15 is 0 Å². The molecule has 8 atom stereocenters. The van der Waals surface area contributed by atoms with Gasteiger partial charge in [0.05, 0.1) is 11.0 Å². The van der Waals surface area contributed by atoms with Crippen LogP contribution in [0.25, 0.3) is 11.0 Å². The highest BCUT2D eigenvalue weighted by Gasteiger charge is 2.59. The molecule has 6 aliphatic rings. The summed E-state index contributed by atoms with van der Waals surface area (Å²) in [4.78, 5) is 35.1. The first-order valence-corrected chi connectivity index (χ1v) is 15.7. The highest BCUT2D eigenvalue weighted by molar-refractivity contribution is 5.81. The number of hydrogen-bond acceptors (Lipinski definition) is 5. The summed E-state index contributed by atoms with van der Waals surface area (Å²) in [6.45, 7) is 4.42. The maximum atomic E-state index is 14.0. The molecule has 3 saturated carbocycles. The molecule has 1 aromatic heterocycles. The van der Waals surface area contributed by atoms with E-state index in [0.29, 0.717) is 36.3 Å². The lowest BCUT2D eigenvalue weighted by Gasteiger charge is -2.53. The lowest BCUT2D eigenvalue weighted by molar-refractivity contribution is -0.140. The summed E-state index contributed by atoms with van der Waals surface area (Å²) in [6, 6.07) is 8.49. The molecule has 2 aromatic rings. The molecule has 4 bridgehead atoms. The molecule has 6 fully saturated rings. The summed E-state index contributed by atoms with van der Waals surface area (Å²) >= 11 is 0. The van der Waals surface area contributed by atoms with Crippen molar-refractivity contribution in [1.29, 1.82) is 0 Å². The zero-order chi connectivity index (χ0) is 26.5. The van der Waals surface area contributed by atoms with Gasteiger partial charge in [0.2, 0.25) is 0 Å². The largest absolute Gasteiger partial charge is 0.480 e. The third-order valence-corrected chi connectivity index (χ3v) is 12.4. The minimum absolute atomic E-state index is 0.108. The van der Waals surface area contributed by atoms with Gasteiger partial charge in [-0.1, -0.05) is 25.5 Å². The summed E-state index contributed by atoms with van der Waals surface area (Å²) in [5.74, 6) is 3.20. The number of aromatic nitrogens is 2. The van der Waals surface area contributed by atoms with Gasteiger partial charge in [-0.05, 0) is 105 Å². The first kappa shape index (κ1) is 24.4. The monoisotopic (exact) mass is 530 g/mol. The molecular formula is C32H42N4O3. The number of carboxylic acids is 1. The van der Waals surface area contributed by atoms with E-state index in [4.69, 9.17) is 4.98 Å². The Morgan fingerprint density at radius 2 is 1.77 bits per heavy atom. The fraction of sp³-hybridized carbons (Fsp3) is 0.719. The van der Waals surface area contributed by atoms with Gasteiger partial charge in [-0.3, -0.25) is 9.69 Å². The van der Waals surface area contributed by atoms with Crippen LogP contribution in [0, 0.1) is 29.1 Å². The Balaban J connectivity index is 1.08. The highest BCUT2D eigenvalue weighted by Crippen LogP contribution is 2.67. The molecule has 7 nitrogen and oxygen atoms in total. The number of carboxylic acid groups (broad SMARTS) is 1. The number of anilines is 1. The summed E-state index contributed by atoms with van der Waals surface area (Å²) in [6.07, 6.45) is 13.6. The fourth-order valence-electron chi connectivity index (χ4n) is 10.4. The van der Waals surface area contributed by atoms with Gasteiger partial charge in [0, 0.05) is 31.2 Å². The van der Waals surface area contributed by atoms with Crippen molar-refractivity contribution in [2.24, 2.45) is 29.1 Å². The van der Waals surface area contributed by atoms with Gasteiger partial charge in [0.1, 0.15) is 6.04 Å². The predicted octanol–water partition coefficient (Wildman–Crippen LogP) is 5.08. The zero-order valence-electron chi connectivity index (χ0n) is 23.2. The Morgan fingerprint density at radius 3 is 2.51 bits per heavy atom. The van der Waals surface area contributed by atoms with Crippen molar-refractivity contribution in [3.63, 3.8) is 0 Å². The van der Waals surface area contributed by atoms with Crippen molar-refractivity contribution in [3.05, 3.63) is 34.6 Å². The van der Waals surface area contributed by atoms with Crippen molar-refractivity contribution in [2.75, 3.05) is 18.0 Å².